The van der Waals surface area contributed by atoms with E-state index in [2.05, 4.69) is 29.5 Å². The summed E-state index contributed by atoms with van der Waals surface area (Å²) < 4.78 is 0. The Kier molecular flexibility index (Phi) is 3.69. The van der Waals surface area contributed by atoms with Crippen LogP contribution < -0.4 is 5.32 Å². The molecule has 0 amide bonds. The lowest BCUT2D eigenvalue weighted by Crippen LogP contribution is -2.49. The Bertz CT molecular complexity index is 394. The van der Waals surface area contributed by atoms with Gasteiger partial charge < -0.3 is 5.32 Å². The molecule has 1 aromatic rings. The number of rotatable bonds is 3. The van der Waals surface area contributed by atoms with Crippen molar-refractivity contribution in [2.24, 2.45) is 5.41 Å². The van der Waals surface area contributed by atoms with Crippen LogP contribution in [0.1, 0.15) is 70.2 Å². The van der Waals surface area contributed by atoms with Gasteiger partial charge in [0.25, 0.3) is 0 Å². The zero-order valence-corrected chi connectivity index (χ0v) is 13.1. The average Bonchev–Trinajstić information content (AvgIpc) is 3.05. The first-order valence-corrected chi connectivity index (χ1v) is 8.70. The second-order valence-electron chi connectivity index (χ2n) is 6.93. The summed E-state index contributed by atoms with van der Waals surface area (Å²) in [7, 11) is 0. The maximum atomic E-state index is 4.64. The van der Waals surface area contributed by atoms with E-state index >= 15 is 0 Å². The van der Waals surface area contributed by atoms with Gasteiger partial charge in [-0.05, 0) is 57.8 Å². The molecule has 1 aromatic heterocycles. The molecule has 0 unspecified atom stereocenters. The Labute approximate surface area is 121 Å². The molecule has 0 atom stereocenters. The van der Waals surface area contributed by atoms with Crippen molar-refractivity contribution in [1.29, 1.82) is 0 Å². The molecule has 0 aromatic carbocycles. The minimum Gasteiger partial charge on any atom is -0.303 e. The number of thiazole rings is 1. The van der Waals surface area contributed by atoms with E-state index in [1.165, 1.54) is 56.4 Å². The van der Waals surface area contributed by atoms with Gasteiger partial charge in [0, 0.05) is 17.6 Å². The third-order valence-electron chi connectivity index (χ3n) is 5.24. The molecule has 2 aliphatic carbocycles. The fourth-order valence-corrected chi connectivity index (χ4v) is 5.13. The van der Waals surface area contributed by atoms with Crippen LogP contribution in [-0.4, -0.2) is 11.0 Å². The summed E-state index contributed by atoms with van der Waals surface area (Å²) in [5.74, 6) is 0. The quantitative estimate of drug-likeness (QED) is 0.882. The van der Waals surface area contributed by atoms with Gasteiger partial charge in [-0.2, -0.15) is 0 Å². The van der Waals surface area contributed by atoms with Gasteiger partial charge >= 0.3 is 0 Å². The molecule has 2 saturated carbocycles. The lowest BCUT2D eigenvalue weighted by Gasteiger charge is -2.45. The van der Waals surface area contributed by atoms with Crippen molar-refractivity contribution in [2.45, 2.75) is 76.8 Å². The summed E-state index contributed by atoms with van der Waals surface area (Å²) in [6.07, 6.45) is 13.2. The molecule has 3 heteroatoms. The van der Waals surface area contributed by atoms with Crippen LogP contribution >= 0.6 is 11.3 Å². The minimum absolute atomic E-state index is 0.163. The largest absolute Gasteiger partial charge is 0.303 e. The molecule has 106 valence electrons. The normalized spacial score (nSPS) is 25.2. The van der Waals surface area contributed by atoms with Gasteiger partial charge in [0.05, 0.1) is 5.54 Å². The van der Waals surface area contributed by atoms with E-state index in [-0.39, 0.29) is 5.54 Å². The van der Waals surface area contributed by atoms with Crippen molar-refractivity contribution in [3.05, 3.63) is 16.6 Å². The molecule has 0 bridgehead atoms. The summed E-state index contributed by atoms with van der Waals surface area (Å²) in [6, 6.07) is 0.529. The molecule has 1 spiro atoms. The van der Waals surface area contributed by atoms with E-state index in [0.29, 0.717) is 11.5 Å². The summed E-state index contributed by atoms with van der Waals surface area (Å²) in [5, 5.41) is 7.29. The predicted octanol–water partition coefficient (Wildman–Crippen LogP) is 4.47. The highest BCUT2D eigenvalue weighted by atomic mass is 32.1. The zero-order valence-electron chi connectivity index (χ0n) is 12.2. The molecule has 0 aliphatic heterocycles. The third kappa shape index (κ3) is 2.59. The Morgan fingerprint density at radius 1 is 1.11 bits per heavy atom. The highest BCUT2D eigenvalue weighted by molar-refractivity contribution is 7.09. The highest BCUT2D eigenvalue weighted by Crippen LogP contribution is 2.53. The second-order valence-corrected chi connectivity index (χ2v) is 7.82. The molecule has 0 saturated heterocycles. The van der Waals surface area contributed by atoms with E-state index in [9.17, 15) is 0 Å². The van der Waals surface area contributed by atoms with E-state index in [4.69, 9.17) is 0 Å². The summed E-state index contributed by atoms with van der Waals surface area (Å²) in [6.45, 7) is 4.52. The van der Waals surface area contributed by atoms with Gasteiger partial charge in [0.15, 0.2) is 0 Å². The van der Waals surface area contributed by atoms with Crippen LogP contribution in [0, 0.1) is 5.41 Å². The number of aromatic nitrogens is 1. The van der Waals surface area contributed by atoms with Crippen molar-refractivity contribution >= 4 is 11.3 Å². The molecule has 2 aliphatic rings. The van der Waals surface area contributed by atoms with Gasteiger partial charge in [-0.3, -0.25) is 0 Å². The third-order valence-corrected chi connectivity index (χ3v) is 6.21. The lowest BCUT2D eigenvalue weighted by atomic mass is 9.66. The van der Waals surface area contributed by atoms with E-state index in [0.717, 1.165) is 0 Å². The molecule has 0 radical (unpaired) electrons. The Morgan fingerprint density at radius 2 is 1.79 bits per heavy atom. The number of hydrogen-bond donors (Lipinski definition) is 1. The van der Waals surface area contributed by atoms with Gasteiger partial charge in [-0.1, -0.05) is 12.8 Å². The molecule has 2 fully saturated rings. The lowest BCUT2D eigenvalue weighted by molar-refractivity contribution is 0.103. The first-order chi connectivity index (χ1) is 9.14. The van der Waals surface area contributed by atoms with E-state index < -0.39 is 0 Å². The minimum atomic E-state index is 0.163. The molecular weight excluding hydrogens is 252 g/mol. The fourth-order valence-electron chi connectivity index (χ4n) is 4.26. The van der Waals surface area contributed by atoms with Crippen LogP contribution in [0.5, 0.6) is 0 Å². The average molecular weight is 278 g/mol. The molecule has 2 nitrogen and oxygen atoms in total. The van der Waals surface area contributed by atoms with Crippen molar-refractivity contribution in [2.75, 3.05) is 0 Å². The van der Waals surface area contributed by atoms with E-state index in [1.807, 2.05) is 17.5 Å². The van der Waals surface area contributed by atoms with Crippen molar-refractivity contribution in [3.63, 3.8) is 0 Å². The van der Waals surface area contributed by atoms with Gasteiger partial charge in [-0.25, -0.2) is 4.98 Å². The van der Waals surface area contributed by atoms with Crippen LogP contribution in [0.3, 0.4) is 0 Å². The van der Waals surface area contributed by atoms with Gasteiger partial charge in [0.2, 0.25) is 0 Å². The summed E-state index contributed by atoms with van der Waals surface area (Å²) in [4.78, 5) is 4.64. The molecule has 1 N–H and O–H groups in total. The maximum Gasteiger partial charge on any atom is 0.113 e. The van der Waals surface area contributed by atoms with Crippen LogP contribution in [0.2, 0.25) is 0 Å². The van der Waals surface area contributed by atoms with Crippen LogP contribution in [0.15, 0.2) is 11.6 Å². The van der Waals surface area contributed by atoms with Crippen molar-refractivity contribution in [1.82, 2.24) is 10.3 Å². The van der Waals surface area contributed by atoms with Crippen molar-refractivity contribution in [3.8, 4) is 0 Å². The molecule has 1 heterocycles. The zero-order chi connectivity index (χ0) is 13.3. The number of hydrogen-bond acceptors (Lipinski definition) is 3. The molecule has 3 rings (SSSR count). The van der Waals surface area contributed by atoms with Crippen LogP contribution in [0.25, 0.3) is 0 Å². The van der Waals surface area contributed by atoms with Crippen LogP contribution in [-0.2, 0) is 5.54 Å². The predicted molar refractivity (Wildman–Crippen MR) is 81.4 cm³/mol. The number of nitrogens with zero attached hydrogens (tertiary/aromatic N) is 1. The van der Waals surface area contributed by atoms with Gasteiger partial charge in [-0.15, -0.1) is 11.3 Å². The van der Waals surface area contributed by atoms with Crippen LogP contribution in [0.4, 0.5) is 0 Å². The Hall–Kier alpha value is -0.410. The standard InChI is InChI=1S/C16H26N2S/c1-13(2)18-16(14-17-11-12-19-14)9-7-15(8-10-16)5-3-4-6-15/h11-13,18H,3-10H2,1-2H3. The maximum absolute atomic E-state index is 4.64. The number of nitrogens with one attached hydrogen (secondary N) is 1. The van der Waals surface area contributed by atoms with Gasteiger partial charge in [0.1, 0.15) is 5.01 Å². The SMILES string of the molecule is CC(C)NC1(c2nccs2)CCC2(CCCC2)CC1. The van der Waals surface area contributed by atoms with Crippen molar-refractivity contribution < 1.29 is 0 Å². The van der Waals surface area contributed by atoms with E-state index in [1.54, 1.807) is 0 Å². The first kappa shape index (κ1) is 13.6. The monoisotopic (exact) mass is 278 g/mol. The Balaban J connectivity index is 1.79. The highest BCUT2D eigenvalue weighted by Gasteiger charge is 2.45. The topological polar surface area (TPSA) is 24.9 Å². The molecular formula is C16H26N2S. The first-order valence-electron chi connectivity index (χ1n) is 7.82. The summed E-state index contributed by atoms with van der Waals surface area (Å²) in [5.41, 5.74) is 0.857. The second kappa shape index (κ2) is 5.17. The Morgan fingerprint density at radius 3 is 2.32 bits per heavy atom. The smallest absolute Gasteiger partial charge is 0.113 e. The summed E-state index contributed by atoms with van der Waals surface area (Å²) >= 11 is 1.83. The fraction of sp³-hybridized carbons (Fsp3) is 0.812. The molecule has 19 heavy (non-hydrogen) atoms.